The molecule has 32 heavy (non-hydrogen) atoms. The largest absolute Gasteiger partial charge is 0.458 e. The molecule has 0 saturated carbocycles. The maximum Gasteiger partial charge on any atom is 0.343 e. The van der Waals surface area contributed by atoms with E-state index < -0.39 is 11.6 Å². The number of rotatable bonds is 1. The van der Waals surface area contributed by atoms with Crippen LogP contribution in [0.15, 0.2) is 16.9 Å². The highest BCUT2D eigenvalue weighted by Gasteiger charge is 2.45. The van der Waals surface area contributed by atoms with Gasteiger partial charge >= 0.3 is 5.97 Å². The molecule has 2 aliphatic heterocycles. The summed E-state index contributed by atoms with van der Waals surface area (Å²) in [4.78, 5) is 30.5. The molecule has 1 aliphatic carbocycles. The number of halogens is 1. The van der Waals surface area contributed by atoms with Gasteiger partial charge in [-0.05, 0) is 48.9 Å². The zero-order valence-electron chi connectivity index (χ0n) is 17.8. The molecule has 2 atom stereocenters. The van der Waals surface area contributed by atoms with Gasteiger partial charge in [0.1, 0.15) is 12.4 Å². The number of benzene rings is 1. The zero-order chi connectivity index (χ0) is 22.5. The first kappa shape index (κ1) is 19.6. The minimum Gasteiger partial charge on any atom is -0.458 e. The quantitative estimate of drug-likeness (QED) is 0.445. The van der Waals surface area contributed by atoms with Gasteiger partial charge in [-0.2, -0.15) is 0 Å². The first-order chi connectivity index (χ1) is 15.3. The summed E-state index contributed by atoms with van der Waals surface area (Å²) in [7, 11) is 0. The molecule has 3 aromatic rings. The molecular formula is C24H22FN3O4. The molecule has 4 heterocycles. The van der Waals surface area contributed by atoms with E-state index in [2.05, 4.69) is 0 Å². The highest BCUT2D eigenvalue weighted by Crippen LogP contribution is 2.45. The van der Waals surface area contributed by atoms with E-state index in [1.54, 1.807) is 24.5 Å². The number of pyridine rings is 2. The van der Waals surface area contributed by atoms with E-state index in [-0.39, 0.29) is 48.1 Å². The van der Waals surface area contributed by atoms with Crippen molar-refractivity contribution in [3.8, 4) is 11.4 Å². The lowest BCUT2D eigenvalue weighted by Crippen LogP contribution is -2.44. The van der Waals surface area contributed by atoms with Crippen molar-refractivity contribution < 1.29 is 19.0 Å². The van der Waals surface area contributed by atoms with Crippen LogP contribution in [0, 0.1) is 12.7 Å². The fourth-order valence-corrected chi connectivity index (χ4v) is 5.59. The molecule has 8 heteroatoms. The number of ether oxygens (including phenoxy) is 1. The number of aliphatic hydroxyl groups is 1. The number of hydrogen-bond acceptors (Lipinski definition) is 6. The monoisotopic (exact) mass is 435 g/mol. The van der Waals surface area contributed by atoms with Crippen LogP contribution in [0.25, 0.3) is 22.3 Å². The summed E-state index contributed by atoms with van der Waals surface area (Å²) < 4.78 is 21.4. The molecule has 0 amide bonds. The van der Waals surface area contributed by atoms with Crippen molar-refractivity contribution in [2.75, 3.05) is 0 Å². The summed E-state index contributed by atoms with van der Waals surface area (Å²) in [6, 6.07) is 2.84. The van der Waals surface area contributed by atoms with Gasteiger partial charge in [-0.15, -0.1) is 0 Å². The summed E-state index contributed by atoms with van der Waals surface area (Å²) in [6.07, 6.45) is 1.44. The van der Waals surface area contributed by atoms with E-state index in [9.17, 15) is 19.1 Å². The molecule has 164 valence electrons. The Morgan fingerprint density at radius 3 is 2.84 bits per heavy atom. The highest BCUT2D eigenvalue weighted by atomic mass is 19.1. The van der Waals surface area contributed by atoms with Crippen molar-refractivity contribution in [1.29, 1.82) is 0 Å². The first-order valence-electron chi connectivity index (χ1n) is 10.8. The number of aryl methyl sites for hydroxylation is 1. The summed E-state index contributed by atoms with van der Waals surface area (Å²) in [5.74, 6) is -1.08. The Bertz CT molecular complexity index is 1440. The van der Waals surface area contributed by atoms with Gasteiger partial charge in [-0.3, -0.25) is 4.79 Å². The molecule has 2 aromatic heterocycles. The second kappa shape index (κ2) is 6.24. The van der Waals surface area contributed by atoms with Gasteiger partial charge in [0.15, 0.2) is 5.60 Å². The van der Waals surface area contributed by atoms with Crippen LogP contribution in [-0.4, -0.2) is 20.6 Å². The number of esters is 1. The van der Waals surface area contributed by atoms with Gasteiger partial charge in [0.25, 0.3) is 5.56 Å². The normalized spacial score (nSPS) is 23.0. The topological polar surface area (TPSA) is 107 Å². The minimum absolute atomic E-state index is 0.0731. The number of nitrogens with zero attached hydrogens (tertiary/aromatic N) is 2. The standard InChI is InChI=1S/C24H22FN3O4/c1-3-24(31)14-6-18-21-12(8-28(18)22(29)13(14)9-32-23(24)30)19-16(26)5-4-11-10(2)15(25)7-17(27-21)20(11)19/h6-7,16,31H,3-5,8-9,26H2,1-2H3/t16?,24-/m1/s1. The second-order valence-corrected chi connectivity index (χ2v) is 8.96. The molecule has 0 radical (unpaired) electrons. The summed E-state index contributed by atoms with van der Waals surface area (Å²) in [5.41, 5.74) is 9.72. The highest BCUT2D eigenvalue weighted by molar-refractivity contribution is 5.93. The van der Waals surface area contributed by atoms with E-state index in [1.165, 1.54) is 6.07 Å². The van der Waals surface area contributed by atoms with Crippen molar-refractivity contribution in [3.05, 3.63) is 61.7 Å². The first-order valence-corrected chi connectivity index (χ1v) is 10.8. The van der Waals surface area contributed by atoms with Crippen molar-refractivity contribution in [2.24, 2.45) is 5.73 Å². The Labute approximate surface area is 182 Å². The fourth-order valence-electron chi connectivity index (χ4n) is 5.59. The second-order valence-electron chi connectivity index (χ2n) is 8.96. The molecule has 3 N–H and O–H groups in total. The fraction of sp³-hybridized carbons (Fsp3) is 0.375. The van der Waals surface area contributed by atoms with Gasteiger partial charge in [-0.1, -0.05) is 6.92 Å². The maximum absolute atomic E-state index is 14.7. The van der Waals surface area contributed by atoms with Crippen LogP contribution in [0.3, 0.4) is 0 Å². The molecule has 6 rings (SSSR count). The van der Waals surface area contributed by atoms with Gasteiger partial charge < -0.3 is 20.1 Å². The van der Waals surface area contributed by atoms with Gasteiger partial charge in [0.2, 0.25) is 0 Å². The number of hydrogen-bond donors (Lipinski definition) is 2. The lowest BCUT2D eigenvalue weighted by Gasteiger charge is -2.31. The number of fused-ring (bicyclic) bond motifs is 5. The molecule has 0 spiro atoms. The Hall–Kier alpha value is -3.10. The zero-order valence-corrected chi connectivity index (χ0v) is 17.8. The van der Waals surface area contributed by atoms with Crippen molar-refractivity contribution >= 4 is 16.9 Å². The van der Waals surface area contributed by atoms with Crippen molar-refractivity contribution in [2.45, 2.75) is 57.9 Å². The average Bonchev–Trinajstić information content (AvgIpc) is 3.14. The molecule has 0 saturated heterocycles. The lowest BCUT2D eigenvalue weighted by molar-refractivity contribution is -0.172. The third kappa shape index (κ3) is 2.23. The van der Waals surface area contributed by atoms with Crippen LogP contribution in [0.2, 0.25) is 0 Å². The van der Waals surface area contributed by atoms with Crippen LogP contribution in [0.4, 0.5) is 4.39 Å². The SMILES string of the molecule is CC[C@]1(O)C(=O)OCc2c1cc1n(c2=O)Cc2c-1nc1cc(F)c(C)c3c1c2C(N)CC3. The van der Waals surface area contributed by atoms with E-state index in [1.807, 2.05) is 0 Å². The van der Waals surface area contributed by atoms with Crippen molar-refractivity contribution in [1.82, 2.24) is 9.55 Å². The molecule has 0 fully saturated rings. The lowest BCUT2D eigenvalue weighted by atomic mass is 9.82. The van der Waals surface area contributed by atoms with Gasteiger partial charge in [0.05, 0.1) is 29.0 Å². The van der Waals surface area contributed by atoms with Crippen molar-refractivity contribution in [3.63, 3.8) is 0 Å². The molecular weight excluding hydrogens is 413 g/mol. The Kier molecular flexibility index (Phi) is 3.81. The Balaban J connectivity index is 1.70. The van der Waals surface area contributed by atoms with Crippen LogP contribution in [-0.2, 0) is 34.7 Å². The number of aromatic nitrogens is 2. The van der Waals surface area contributed by atoms with Crippen LogP contribution >= 0.6 is 0 Å². The van der Waals surface area contributed by atoms with Crippen LogP contribution in [0.5, 0.6) is 0 Å². The van der Waals surface area contributed by atoms with E-state index >= 15 is 0 Å². The van der Waals surface area contributed by atoms with E-state index in [4.69, 9.17) is 15.5 Å². The number of cyclic esters (lactones) is 1. The minimum atomic E-state index is -1.89. The number of carbonyl (C=O) groups is 1. The Morgan fingerprint density at radius 2 is 2.09 bits per heavy atom. The molecule has 1 unspecified atom stereocenters. The summed E-state index contributed by atoms with van der Waals surface area (Å²) in [6.45, 7) is 3.55. The average molecular weight is 435 g/mol. The van der Waals surface area contributed by atoms with Gasteiger partial charge in [0, 0.05) is 28.6 Å². The summed E-state index contributed by atoms with van der Waals surface area (Å²) >= 11 is 0. The van der Waals surface area contributed by atoms with E-state index in [0.717, 1.165) is 22.1 Å². The smallest absolute Gasteiger partial charge is 0.343 e. The third-order valence-corrected chi connectivity index (χ3v) is 7.42. The predicted octanol–water partition coefficient (Wildman–Crippen LogP) is 2.47. The predicted molar refractivity (Wildman–Crippen MR) is 114 cm³/mol. The van der Waals surface area contributed by atoms with Gasteiger partial charge in [-0.25, -0.2) is 14.2 Å². The molecule has 7 nitrogen and oxygen atoms in total. The maximum atomic E-state index is 14.7. The van der Waals surface area contributed by atoms with Crippen LogP contribution in [0.1, 0.15) is 59.2 Å². The van der Waals surface area contributed by atoms with Crippen LogP contribution < -0.4 is 11.3 Å². The summed E-state index contributed by atoms with van der Waals surface area (Å²) in [5, 5.41) is 11.9. The molecule has 3 aliphatic rings. The third-order valence-electron chi connectivity index (χ3n) is 7.42. The number of nitrogens with two attached hydrogens (primary N) is 1. The molecule has 1 aromatic carbocycles. The Morgan fingerprint density at radius 1 is 1.31 bits per heavy atom. The van der Waals surface area contributed by atoms with E-state index in [0.29, 0.717) is 35.3 Å². The number of carbonyl (C=O) groups excluding carboxylic acids is 1. The molecule has 0 bridgehead atoms.